The van der Waals surface area contributed by atoms with Gasteiger partial charge in [-0.15, -0.1) is 0 Å². The van der Waals surface area contributed by atoms with E-state index < -0.39 is 0 Å². The molecule has 1 unspecified atom stereocenters. The van der Waals surface area contributed by atoms with Gasteiger partial charge in [-0.3, -0.25) is 0 Å². The third kappa shape index (κ3) is 4.49. The maximum atomic E-state index is 6.13. The zero-order chi connectivity index (χ0) is 13.9. The predicted molar refractivity (Wildman–Crippen MR) is 79.0 cm³/mol. The summed E-state index contributed by atoms with van der Waals surface area (Å²) in [6.07, 6.45) is 6.07. The lowest BCUT2D eigenvalue weighted by Crippen LogP contribution is -2.36. The van der Waals surface area contributed by atoms with Gasteiger partial charge in [0.25, 0.3) is 0 Å². The van der Waals surface area contributed by atoms with Crippen LogP contribution in [0.4, 0.5) is 0 Å². The maximum Gasteiger partial charge on any atom is 0.228 e. The van der Waals surface area contributed by atoms with Crippen molar-refractivity contribution >= 4 is 11.8 Å². The first-order valence-electron chi connectivity index (χ1n) is 7.14. The Hall–Kier alpha value is -0.550. The summed E-state index contributed by atoms with van der Waals surface area (Å²) in [6, 6.07) is 0.0447. The smallest absolute Gasteiger partial charge is 0.228 e. The van der Waals surface area contributed by atoms with Crippen LogP contribution in [0.2, 0.25) is 0 Å². The van der Waals surface area contributed by atoms with Crippen molar-refractivity contribution < 1.29 is 4.52 Å². The van der Waals surface area contributed by atoms with Gasteiger partial charge in [-0.2, -0.15) is 16.7 Å². The molecular weight excluding hydrogens is 258 g/mol. The van der Waals surface area contributed by atoms with Gasteiger partial charge in [-0.05, 0) is 18.3 Å². The Morgan fingerprint density at radius 1 is 1.37 bits per heavy atom. The standard InChI is InChI=1S/C14H25N3OS/c1-14(2,3)11(15)8-13-16-12(17-18-13)9-19-10-6-4-5-7-10/h10-11H,4-9,15H2,1-3H3. The van der Waals surface area contributed by atoms with Crippen molar-refractivity contribution in [2.24, 2.45) is 11.1 Å². The molecule has 1 aliphatic rings. The molecule has 2 rings (SSSR count). The molecule has 19 heavy (non-hydrogen) atoms. The Balaban J connectivity index is 1.81. The Kier molecular flexibility index (Phi) is 4.90. The highest BCUT2D eigenvalue weighted by atomic mass is 32.2. The van der Waals surface area contributed by atoms with Gasteiger partial charge in [0.1, 0.15) is 0 Å². The molecule has 0 aromatic carbocycles. The van der Waals surface area contributed by atoms with E-state index in [0.29, 0.717) is 12.3 Å². The zero-order valence-corrected chi connectivity index (χ0v) is 13.0. The highest BCUT2D eigenvalue weighted by Gasteiger charge is 2.23. The van der Waals surface area contributed by atoms with Crippen LogP contribution in [0.1, 0.15) is 58.2 Å². The van der Waals surface area contributed by atoms with Crippen molar-refractivity contribution in [3.05, 3.63) is 11.7 Å². The first-order chi connectivity index (χ1) is 8.95. The highest BCUT2D eigenvalue weighted by molar-refractivity contribution is 7.99. The molecule has 1 heterocycles. The number of aromatic nitrogens is 2. The van der Waals surface area contributed by atoms with Crippen LogP contribution in [0.15, 0.2) is 4.52 Å². The summed E-state index contributed by atoms with van der Waals surface area (Å²) < 4.78 is 5.29. The molecule has 108 valence electrons. The Morgan fingerprint density at radius 3 is 2.68 bits per heavy atom. The summed E-state index contributed by atoms with van der Waals surface area (Å²) in [7, 11) is 0. The fourth-order valence-corrected chi connectivity index (χ4v) is 3.34. The molecular formula is C14H25N3OS. The largest absolute Gasteiger partial charge is 0.339 e. The van der Waals surface area contributed by atoms with Crippen LogP contribution in [0.5, 0.6) is 0 Å². The lowest BCUT2D eigenvalue weighted by Gasteiger charge is -2.25. The maximum absolute atomic E-state index is 6.13. The van der Waals surface area contributed by atoms with E-state index in [-0.39, 0.29) is 11.5 Å². The van der Waals surface area contributed by atoms with Crippen molar-refractivity contribution in [1.82, 2.24) is 10.1 Å². The number of thioether (sulfide) groups is 1. The Labute approximate surface area is 119 Å². The normalized spacial score (nSPS) is 18.9. The number of nitrogens with zero attached hydrogens (tertiary/aromatic N) is 2. The summed E-state index contributed by atoms with van der Waals surface area (Å²) in [5.74, 6) is 2.34. The molecule has 4 nitrogen and oxygen atoms in total. The molecule has 0 spiro atoms. The monoisotopic (exact) mass is 283 g/mol. The first-order valence-corrected chi connectivity index (χ1v) is 8.18. The average molecular weight is 283 g/mol. The molecule has 0 radical (unpaired) electrons. The minimum atomic E-state index is 0.0447. The molecule has 1 aromatic heterocycles. The summed E-state index contributed by atoms with van der Waals surface area (Å²) >= 11 is 1.96. The second kappa shape index (κ2) is 6.27. The van der Waals surface area contributed by atoms with E-state index in [1.165, 1.54) is 25.7 Å². The Bertz CT molecular complexity index is 394. The van der Waals surface area contributed by atoms with Crippen molar-refractivity contribution in [2.45, 2.75) is 69.9 Å². The third-order valence-corrected chi connectivity index (χ3v) is 5.14. The van der Waals surface area contributed by atoms with Gasteiger partial charge in [0.05, 0.1) is 5.75 Å². The van der Waals surface area contributed by atoms with Crippen molar-refractivity contribution in [1.29, 1.82) is 0 Å². The SMILES string of the molecule is CC(C)(C)C(N)Cc1nc(CSC2CCCC2)no1. The van der Waals surface area contributed by atoms with E-state index >= 15 is 0 Å². The molecule has 0 saturated heterocycles. The molecule has 1 aliphatic carbocycles. The van der Waals surface area contributed by atoms with Crippen LogP contribution in [0.25, 0.3) is 0 Å². The summed E-state index contributed by atoms with van der Waals surface area (Å²) in [6.45, 7) is 6.39. The molecule has 0 amide bonds. The van der Waals surface area contributed by atoms with Crippen LogP contribution in [0.3, 0.4) is 0 Å². The predicted octanol–water partition coefficient (Wildman–Crippen LogP) is 3.16. The molecule has 5 heteroatoms. The fourth-order valence-electron chi connectivity index (χ4n) is 2.17. The number of hydrogen-bond donors (Lipinski definition) is 1. The van der Waals surface area contributed by atoms with Gasteiger partial charge < -0.3 is 10.3 Å². The van der Waals surface area contributed by atoms with Crippen molar-refractivity contribution in [2.75, 3.05) is 0 Å². The molecule has 1 saturated carbocycles. The zero-order valence-electron chi connectivity index (χ0n) is 12.2. The number of rotatable bonds is 5. The Morgan fingerprint density at radius 2 is 2.05 bits per heavy atom. The van der Waals surface area contributed by atoms with Crippen LogP contribution < -0.4 is 5.73 Å². The van der Waals surface area contributed by atoms with Crippen molar-refractivity contribution in [3.63, 3.8) is 0 Å². The molecule has 0 aliphatic heterocycles. The lowest BCUT2D eigenvalue weighted by molar-refractivity contribution is 0.285. The minimum Gasteiger partial charge on any atom is -0.339 e. The van der Waals surface area contributed by atoms with Crippen LogP contribution in [-0.2, 0) is 12.2 Å². The number of nitrogens with two attached hydrogens (primary N) is 1. The summed E-state index contributed by atoms with van der Waals surface area (Å²) in [4.78, 5) is 4.45. The fraction of sp³-hybridized carbons (Fsp3) is 0.857. The van der Waals surface area contributed by atoms with E-state index in [2.05, 4.69) is 30.9 Å². The first kappa shape index (κ1) is 14.9. The topological polar surface area (TPSA) is 64.9 Å². The molecule has 1 aromatic rings. The minimum absolute atomic E-state index is 0.0447. The molecule has 0 bridgehead atoms. The van der Waals surface area contributed by atoms with Gasteiger partial charge >= 0.3 is 0 Å². The van der Waals surface area contributed by atoms with Gasteiger partial charge in [0.2, 0.25) is 5.89 Å². The van der Waals surface area contributed by atoms with E-state index in [0.717, 1.165) is 16.8 Å². The van der Waals surface area contributed by atoms with E-state index in [1.54, 1.807) is 0 Å². The van der Waals surface area contributed by atoms with E-state index in [9.17, 15) is 0 Å². The highest BCUT2D eigenvalue weighted by Crippen LogP contribution is 2.31. The van der Waals surface area contributed by atoms with Crippen molar-refractivity contribution in [3.8, 4) is 0 Å². The molecule has 1 fully saturated rings. The lowest BCUT2D eigenvalue weighted by atomic mass is 9.85. The van der Waals surface area contributed by atoms with Crippen LogP contribution in [-0.4, -0.2) is 21.4 Å². The molecule has 1 atom stereocenters. The summed E-state index contributed by atoms with van der Waals surface area (Å²) in [5, 5.41) is 4.84. The average Bonchev–Trinajstić information content (AvgIpc) is 2.95. The van der Waals surface area contributed by atoms with Gasteiger partial charge in [-0.25, -0.2) is 0 Å². The third-order valence-electron chi connectivity index (χ3n) is 3.77. The second-order valence-electron chi connectivity index (χ2n) is 6.50. The number of hydrogen-bond acceptors (Lipinski definition) is 5. The second-order valence-corrected chi connectivity index (χ2v) is 7.79. The van der Waals surface area contributed by atoms with E-state index in [1.807, 2.05) is 11.8 Å². The van der Waals surface area contributed by atoms with Crippen LogP contribution in [0, 0.1) is 5.41 Å². The molecule has 2 N–H and O–H groups in total. The van der Waals surface area contributed by atoms with Gasteiger partial charge in [0.15, 0.2) is 5.82 Å². The van der Waals surface area contributed by atoms with Gasteiger partial charge in [0, 0.05) is 17.7 Å². The van der Waals surface area contributed by atoms with Gasteiger partial charge in [-0.1, -0.05) is 38.8 Å². The quantitative estimate of drug-likeness (QED) is 0.899. The summed E-state index contributed by atoms with van der Waals surface area (Å²) in [5.41, 5.74) is 6.20. The van der Waals surface area contributed by atoms with Crippen LogP contribution >= 0.6 is 11.8 Å². The van der Waals surface area contributed by atoms with E-state index in [4.69, 9.17) is 10.3 Å².